The molecule has 0 spiro atoms. The number of halogens is 1. The van der Waals surface area contributed by atoms with Gasteiger partial charge in [0, 0.05) is 18.8 Å². The fourth-order valence-corrected chi connectivity index (χ4v) is 3.23. The highest BCUT2D eigenvalue weighted by Crippen LogP contribution is 2.24. The number of aryl methyl sites for hydroxylation is 2. The summed E-state index contributed by atoms with van der Waals surface area (Å²) >= 11 is 5.98. The van der Waals surface area contributed by atoms with Crippen LogP contribution in [0, 0.1) is 12.8 Å². The van der Waals surface area contributed by atoms with Crippen LogP contribution in [0.1, 0.15) is 50.9 Å². The van der Waals surface area contributed by atoms with E-state index in [1.807, 2.05) is 0 Å². The smallest absolute Gasteiger partial charge is 0.111 e. The standard InChI is InChI=1S/C18H27ClN2/c1-4-6-9-15(5-2)13-21-17(11-12-19)20-16-10-7-8-14(3)18(16)21/h7-8,10,15H,4-6,9,11-13H2,1-3H3. The third-order valence-corrected chi connectivity index (χ3v) is 4.54. The molecule has 2 rings (SSSR count). The van der Waals surface area contributed by atoms with Gasteiger partial charge in [-0.3, -0.25) is 0 Å². The molecule has 0 radical (unpaired) electrons. The number of imidazole rings is 1. The van der Waals surface area contributed by atoms with Crippen molar-refractivity contribution < 1.29 is 0 Å². The Morgan fingerprint density at radius 1 is 1.29 bits per heavy atom. The maximum Gasteiger partial charge on any atom is 0.111 e. The van der Waals surface area contributed by atoms with Crippen molar-refractivity contribution in [2.24, 2.45) is 5.92 Å². The third kappa shape index (κ3) is 3.79. The normalized spacial score (nSPS) is 13.0. The molecule has 1 heterocycles. The molecular formula is C18H27ClN2. The lowest BCUT2D eigenvalue weighted by atomic mass is 9.99. The van der Waals surface area contributed by atoms with Crippen LogP contribution >= 0.6 is 11.6 Å². The van der Waals surface area contributed by atoms with E-state index < -0.39 is 0 Å². The van der Waals surface area contributed by atoms with Gasteiger partial charge in [0.05, 0.1) is 11.0 Å². The molecule has 2 nitrogen and oxygen atoms in total. The van der Waals surface area contributed by atoms with Crippen molar-refractivity contribution in [1.29, 1.82) is 0 Å². The predicted octanol–water partition coefficient (Wildman–Crippen LogP) is 5.34. The Labute approximate surface area is 133 Å². The average Bonchev–Trinajstić information content (AvgIpc) is 2.82. The number of fused-ring (bicyclic) bond motifs is 1. The molecule has 1 atom stereocenters. The highest BCUT2D eigenvalue weighted by molar-refractivity contribution is 6.17. The van der Waals surface area contributed by atoms with Crippen LogP contribution in [0.4, 0.5) is 0 Å². The third-order valence-electron chi connectivity index (χ3n) is 4.35. The van der Waals surface area contributed by atoms with Crippen LogP contribution in [0.5, 0.6) is 0 Å². The van der Waals surface area contributed by atoms with Gasteiger partial charge in [-0.2, -0.15) is 0 Å². The van der Waals surface area contributed by atoms with Crippen molar-refractivity contribution in [3.63, 3.8) is 0 Å². The summed E-state index contributed by atoms with van der Waals surface area (Å²) in [5.74, 6) is 2.51. The summed E-state index contributed by atoms with van der Waals surface area (Å²) in [5, 5.41) is 0. The van der Waals surface area contributed by atoms with Gasteiger partial charge in [0.25, 0.3) is 0 Å². The summed E-state index contributed by atoms with van der Waals surface area (Å²) in [6.45, 7) is 7.82. The van der Waals surface area contributed by atoms with E-state index in [0.29, 0.717) is 5.88 Å². The minimum atomic E-state index is 0.633. The SMILES string of the molecule is CCCCC(CC)Cn1c(CCCl)nc2cccc(C)c21. The Kier molecular flexibility index (Phi) is 6.10. The fraction of sp³-hybridized carbons (Fsp3) is 0.611. The van der Waals surface area contributed by atoms with Crippen LogP contribution in [-0.4, -0.2) is 15.4 Å². The topological polar surface area (TPSA) is 17.8 Å². The highest BCUT2D eigenvalue weighted by atomic mass is 35.5. The van der Waals surface area contributed by atoms with E-state index in [2.05, 4.69) is 43.5 Å². The summed E-state index contributed by atoms with van der Waals surface area (Å²) in [5.41, 5.74) is 3.72. The summed E-state index contributed by atoms with van der Waals surface area (Å²) in [6, 6.07) is 6.38. The Bertz CT molecular complexity index is 574. The Morgan fingerprint density at radius 2 is 2.10 bits per heavy atom. The molecule has 0 bridgehead atoms. The van der Waals surface area contributed by atoms with Crippen LogP contribution in [0.3, 0.4) is 0 Å². The van der Waals surface area contributed by atoms with Crippen LogP contribution in [0.2, 0.25) is 0 Å². The molecule has 0 aliphatic heterocycles. The van der Waals surface area contributed by atoms with E-state index in [4.69, 9.17) is 16.6 Å². The Morgan fingerprint density at radius 3 is 2.76 bits per heavy atom. The van der Waals surface area contributed by atoms with Gasteiger partial charge in [0.2, 0.25) is 0 Å². The van der Waals surface area contributed by atoms with Gasteiger partial charge in [-0.15, -0.1) is 11.6 Å². The maximum atomic E-state index is 5.98. The van der Waals surface area contributed by atoms with Crippen LogP contribution in [0.25, 0.3) is 11.0 Å². The van der Waals surface area contributed by atoms with Crippen LogP contribution < -0.4 is 0 Å². The Hall–Kier alpha value is -1.02. The van der Waals surface area contributed by atoms with E-state index in [1.165, 1.54) is 36.8 Å². The largest absolute Gasteiger partial charge is 0.327 e. The molecular weight excluding hydrogens is 280 g/mol. The maximum absolute atomic E-state index is 5.98. The first-order valence-corrected chi connectivity index (χ1v) is 8.75. The van der Waals surface area contributed by atoms with E-state index in [9.17, 15) is 0 Å². The van der Waals surface area contributed by atoms with Gasteiger partial charge in [-0.05, 0) is 30.9 Å². The molecule has 0 aliphatic rings. The summed E-state index contributed by atoms with van der Waals surface area (Å²) in [7, 11) is 0. The summed E-state index contributed by atoms with van der Waals surface area (Å²) in [4.78, 5) is 4.81. The fourth-order valence-electron chi connectivity index (χ4n) is 3.06. The van der Waals surface area contributed by atoms with E-state index >= 15 is 0 Å². The number of nitrogens with zero attached hydrogens (tertiary/aromatic N) is 2. The molecule has 0 aliphatic carbocycles. The minimum Gasteiger partial charge on any atom is -0.327 e. The first kappa shape index (κ1) is 16.4. The van der Waals surface area contributed by atoms with E-state index in [1.54, 1.807) is 0 Å². The number of unbranched alkanes of at least 4 members (excludes halogenated alkanes) is 1. The molecule has 3 heteroatoms. The monoisotopic (exact) mass is 306 g/mol. The summed E-state index contributed by atoms with van der Waals surface area (Å²) in [6.07, 6.45) is 5.97. The average molecular weight is 307 g/mol. The first-order valence-electron chi connectivity index (χ1n) is 8.21. The second-order valence-corrected chi connectivity index (χ2v) is 6.31. The second kappa shape index (κ2) is 7.84. The zero-order valence-electron chi connectivity index (χ0n) is 13.5. The van der Waals surface area contributed by atoms with Gasteiger partial charge in [-0.1, -0.05) is 45.2 Å². The van der Waals surface area contributed by atoms with Crippen LogP contribution in [0.15, 0.2) is 18.2 Å². The van der Waals surface area contributed by atoms with Crippen molar-refractivity contribution in [2.45, 2.75) is 59.4 Å². The van der Waals surface area contributed by atoms with Gasteiger partial charge >= 0.3 is 0 Å². The predicted molar refractivity (Wildman–Crippen MR) is 92.2 cm³/mol. The minimum absolute atomic E-state index is 0.633. The lowest BCUT2D eigenvalue weighted by Gasteiger charge is -2.18. The van der Waals surface area contributed by atoms with Gasteiger partial charge < -0.3 is 4.57 Å². The first-order chi connectivity index (χ1) is 10.2. The second-order valence-electron chi connectivity index (χ2n) is 5.94. The van der Waals surface area contributed by atoms with Crippen molar-refractivity contribution in [3.05, 3.63) is 29.6 Å². The van der Waals surface area contributed by atoms with E-state index in [0.717, 1.165) is 30.2 Å². The molecule has 21 heavy (non-hydrogen) atoms. The van der Waals surface area contributed by atoms with Gasteiger partial charge in [0.15, 0.2) is 0 Å². The van der Waals surface area contributed by atoms with E-state index in [-0.39, 0.29) is 0 Å². The highest BCUT2D eigenvalue weighted by Gasteiger charge is 2.15. The molecule has 0 N–H and O–H groups in total. The molecule has 0 fully saturated rings. The number of aromatic nitrogens is 2. The van der Waals surface area contributed by atoms with Gasteiger partial charge in [0.1, 0.15) is 5.82 Å². The molecule has 0 saturated carbocycles. The molecule has 0 amide bonds. The number of hydrogen-bond acceptors (Lipinski definition) is 1. The quantitative estimate of drug-likeness (QED) is 0.602. The Balaban J connectivity index is 2.37. The molecule has 116 valence electrons. The van der Waals surface area contributed by atoms with Gasteiger partial charge in [-0.25, -0.2) is 4.98 Å². The van der Waals surface area contributed by atoms with Crippen LogP contribution in [-0.2, 0) is 13.0 Å². The zero-order valence-corrected chi connectivity index (χ0v) is 14.3. The number of hydrogen-bond donors (Lipinski definition) is 0. The number of rotatable bonds is 8. The lowest BCUT2D eigenvalue weighted by molar-refractivity contribution is 0.390. The zero-order chi connectivity index (χ0) is 15.2. The number of benzene rings is 1. The molecule has 2 aromatic rings. The molecule has 1 aromatic heterocycles. The van der Waals surface area contributed by atoms with Crippen molar-refractivity contribution in [1.82, 2.24) is 9.55 Å². The molecule has 1 unspecified atom stereocenters. The summed E-state index contributed by atoms with van der Waals surface area (Å²) < 4.78 is 2.43. The number of alkyl halides is 1. The van der Waals surface area contributed by atoms with Crippen molar-refractivity contribution >= 4 is 22.6 Å². The molecule has 1 aromatic carbocycles. The lowest BCUT2D eigenvalue weighted by Crippen LogP contribution is -2.13. The molecule has 0 saturated heterocycles. The van der Waals surface area contributed by atoms with Crippen molar-refractivity contribution in [2.75, 3.05) is 5.88 Å². The van der Waals surface area contributed by atoms with Crippen molar-refractivity contribution in [3.8, 4) is 0 Å². The number of para-hydroxylation sites is 1.